The number of nitrogens with one attached hydrogen (secondary N) is 1. The lowest BCUT2D eigenvalue weighted by molar-refractivity contribution is -0.155. The summed E-state index contributed by atoms with van der Waals surface area (Å²) in [4.78, 5) is 11.7. The van der Waals surface area contributed by atoms with Crippen molar-refractivity contribution in [1.29, 1.82) is 0 Å². The third-order valence-corrected chi connectivity index (χ3v) is 8.04. The van der Waals surface area contributed by atoms with Gasteiger partial charge < -0.3 is 9.84 Å². The fourth-order valence-electron chi connectivity index (χ4n) is 3.03. The summed E-state index contributed by atoms with van der Waals surface area (Å²) in [6.45, 7) is 5.65. The highest BCUT2D eigenvalue weighted by atomic mass is 32.2. The summed E-state index contributed by atoms with van der Waals surface area (Å²) in [5, 5.41) is 6.16. The molecule has 2 aromatic heterocycles. The second-order valence-corrected chi connectivity index (χ2v) is 9.89. The second-order valence-electron chi connectivity index (χ2n) is 6.64. The average Bonchev–Trinajstić information content (AvgIpc) is 3.32. The van der Waals surface area contributed by atoms with Crippen LogP contribution < -0.4 is 5.32 Å². The van der Waals surface area contributed by atoms with E-state index in [9.17, 15) is 26.4 Å². The highest BCUT2D eigenvalue weighted by Gasteiger charge is 2.37. The van der Waals surface area contributed by atoms with E-state index in [1.165, 1.54) is 16.4 Å². The fourth-order valence-corrected chi connectivity index (χ4v) is 6.00. The van der Waals surface area contributed by atoms with Gasteiger partial charge in [-0.2, -0.15) is 17.5 Å². The molecule has 0 aromatic carbocycles. The minimum absolute atomic E-state index is 0.00448. The number of rotatable bonds is 5. The molecule has 1 aliphatic heterocycles. The van der Waals surface area contributed by atoms with Crippen LogP contribution in [0.5, 0.6) is 0 Å². The molecule has 2 aromatic rings. The van der Waals surface area contributed by atoms with Gasteiger partial charge in [-0.15, -0.1) is 11.3 Å². The SMILES string of the molecule is C=CC(=O)NC1CCN(S(=O)(=O)c2ccc(-c3cc(C(F)(F)F)on3)s2)CC1C. The van der Waals surface area contributed by atoms with E-state index in [1.54, 1.807) is 0 Å². The van der Waals surface area contributed by atoms with E-state index < -0.39 is 22.0 Å². The first-order valence-corrected chi connectivity index (χ1v) is 10.8. The van der Waals surface area contributed by atoms with Gasteiger partial charge in [-0.3, -0.25) is 4.79 Å². The van der Waals surface area contributed by atoms with Crippen LogP contribution >= 0.6 is 11.3 Å². The summed E-state index contributed by atoms with van der Waals surface area (Å²) in [7, 11) is -3.82. The predicted octanol–water partition coefficient (Wildman–Crippen LogP) is 3.12. The van der Waals surface area contributed by atoms with Crippen molar-refractivity contribution in [3.05, 3.63) is 36.6 Å². The normalized spacial score (nSPS) is 21.1. The maximum absolute atomic E-state index is 12.9. The van der Waals surface area contributed by atoms with Gasteiger partial charge in [0.25, 0.3) is 10.0 Å². The number of alkyl halides is 3. The van der Waals surface area contributed by atoms with Gasteiger partial charge in [0.15, 0.2) is 0 Å². The lowest BCUT2D eigenvalue weighted by atomic mass is 9.95. The maximum atomic E-state index is 12.9. The molecule has 0 saturated carbocycles. The molecule has 2 atom stereocenters. The molecular weight excluding hydrogens is 431 g/mol. The van der Waals surface area contributed by atoms with Crippen molar-refractivity contribution in [3.8, 4) is 10.6 Å². The Bertz CT molecular complexity index is 1010. The summed E-state index contributed by atoms with van der Waals surface area (Å²) in [6.07, 6.45) is -3.06. The van der Waals surface area contributed by atoms with Gasteiger partial charge in [0, 0.05) is 25.2 Å². The quantitative estimate of drug-likeness (QED) is 0.708. The molecule has 1 aliphatic rings. The van der Waals surface area contributed by atoms with Gasteiger partial charge in [0.2, 0.25) is 11.7 Å². The molecule has 1 fully saturated rings. The Morgan fingerprint density at radius 1 is 1.45 bits per heavy atom. The summed E-state index contributed by atoms with van der Waals surface area (Å²) < 4.78 is 69.5. The van der Waals surface area contributed by atoms with E-state index in [2.05, 4.69) is 21.6 Å². The Morgan fingerprint density at radius 2 is 2.17 bits per heavy atom. The van der Waals surface area contributed by atoms with Crippen molar-refractivity contribution in [3.63, 3.8) is 0 Å². The van der Waals surface area contributed by atoms with Gasteiger partial charge in [-0.25, -0.2) is 8.42 Å². The first kappa shape index (κ1) is 21.5. The molecular formula is C17H18F3N3O4S2. The first-order valence-electron chi connectivity index (χ1n) is 8.59. The number of halogens is 3. The van der Waals surface area contributed by atoms with Crippen LogP contribution in [0.15, 0.2) is 39.6 Å². The highest BCUT2D eigenvalue weighted by Crippen LogP contribution is 2.36. The van der Waals surface area contributed by atoms with Crippen molar-refractivity contribution in [2.75, 3.05) is 13.1 Å². The summed E-state index contributed by atoms with van der Waals surface area (Å²) in [5.74, 6) is -1.68. The zero-order valence-corrected chi connectivity index (χ0v) is 16.9. The fraction of sp³-hybridized carbons (Fsp3) is 0.412. The van der Waals surface area contributed by atoms with E-state index in [0.717, 1.165) is 23.5 Å². The van der Waals surface area contributed by atoms with E-state index >= 15 is 0 Å². The molecule has 1 N–H and O–H groups in total. The summed E-state index contributed by atoms with van der Waals surface area (Å²) >= 11 is 0.824. The molecule has 3 heterocycles. The number of hydrogen-bond acceptors (Lipinski definition) is 6. The largest absolute Gasteiger partial charge is 0.452 e. The minimum Gasteiger partial charge on any atom is -0.351 e. The molecule has 29 heavy (non-hydrogen) atoms. The number of thiophene rings is 1. The third kappa shape index (κ3) is 4.54. The molecule has 0 bridgehead atoms. The molecule has 0 radical (unpaired) electrons. The van der Waals surface area contributed by atoms with Crippen molar-refractivity contribution < 1.29 is 30.9 Å². The number of amides is 1. The lowest BCUT2D eigenvalue weighted by Crippen LogP contribution is -2.51. The van der Waals surface area contributed by atoms with Crippen LogP contribution in [0.25, 0.3) is 10.6 Å². The Labute approximate surface area is 169 Å². The van der Waals surface area contributed by atoms with E-state index in [4.69, 9.17) is 0 Å². The first-order chi connectivity index (χ1) is 13.5. The molecule has 3 rings (SSSR count). The Balaban J connectivity index is 1.75. The Morgan fingerprint density at radius 3 is 2.76 bits per heavy atom. The maximum Gasteiger partial charge on any atom is 0.452 e. The molecule has 2 unspecified atom stereocenters. The summed E-state index contributed by atoms with van der Waals surface area (Å²) in [6, 6.07) is 3.31. The van der Waals surface area contributed by atoms with Gasteiger partial charge in [0.05, 0.1) is 4.88 Å². The van der Waals surface area contributed by atoms with Crippen LogP contribution in [0.4, 0.5) is 13.2 Å². The average molecular weight is 449 g/mol. The number of sulfonamides is 1. The topological polar surface area (TPSA) is 92.5 Å². The summed E-state index contributed by atoms with van der Waals surface area (Å²) in [5.41, 5.74) is -0.0806. The Hall–Kier alpha value is -2.18. The molecule has 12 heteroatoms. The number of piperidine rings is 1. The lowest BCUT2D eigenvalue weighted by Gasteiger charge is -2.36. The second kappa shape index (κ2) is 7.92. The zero-order valence-electron chi connectivity index (χ0n) is 15.3. The standard InChI is InChI=1S/C17H18F3N3O4S2/c1-3-15(24)21-11-6-7-23(9-10(11)2)29(25,26)16-5-4-13(28-16)12-8-14(27-22-12)17(18,19)20/h3-5,8,10-11H,1,6-7,9H2,2H3,(H,21,24). The van der Waals surface area contributed by atoms with Crippen LogP contribution in [0.3, 0.4) is 0 Å². The molecule has 0 aliphatic carbocycles. The number of hydrogen-bond donors (Lipinski definition) is 1. The monoisotopic (exact) mass is 449 g/mol. The molecule has 1 saturated heterocycles. The van der Waals surface area contributed by atoms with Crippen LogP contribution in [-0.4, -0.2) is 42.9 Å². The van der Waals surface area contributed by atoms with Gasteiger partial charge >= 0.3 is 6.18 Å². The molecule has 0 spiro atoms. The van der Waals surface area contributed by atoms with Gasteiger partial charge in [-0.1, -0.05) is 18.7 Å². The van der Waals surface area contributed by atoms with Crippen molar-refractivity contribution in [1.82, 2.24) is 14.8 Å². The highest BCUT2D eigenvalue weighted by molar-refractivity contribution is 7.91. The van der Waals surface area contributed by atoms with Crippen LogP contribution in [0, 0.1) is 5.92 Å². The van der Waals surface area contributed by atoms with Crippen molar-refractivity contribution >= 4 is 27.3 Å². The number of nitrogens with zero attached hydrogens (tertiary/aromatic N) is 2. The smallest absolute Gasteiger partial charge is 0.351 e. The van der Waals surface area contributed by atoms with Gasteiger partial charge in [0.1, 0.15) is 9.90 Å². The van der Waals surface area contributed by atoms with Crippen molar-refractivity contribution in [2.45, 2.75) is 29.8 Å². The third-order valence-electron chi connectivity index (χ3n) is 4.60. The van der Waals surface area contributed by atoms with Gasteiger partial charge in [-0.05, 0) is 30.5 Å². The predicted molar refractivity (Wildman–Crippen MR) is 99.5 cm³/mol. The molecule has 7 nitrogen and oxygen atoms in total. The molecule has 1 amide bonds. The Kier molecular flexibility index (Phi) is 5.88. The van der Waals surface area contributed by atoms with Crippen molar-refractivity contribution in [2.24, 2.45) is 5.92 Å². The van der Waals surface area contributed by atoms with Crippen LogP contribution in [0.1, 0.15) is 19.1 Å². The number of carbonyl (C=O) groups excluding carboxylic acids is 1. The van der Waals surface area contributed by atoms with E-state index in [0.29, 0.717) is 6.42 Å². The minimum atomic E-state index is -4.67. The number of carbonyl (C=O) groups is 1. The zero-order chi connectivity index (χ0) is 21.4. The van der Waals surface area contributed by atoms with Crippen LogP contribution in [-0.2, 0) is 21.0 Å². The van der Waals surface area contributed by atoms with E-state index in [-0.39, 0.29) is 45.7 Å². The molecule has 158 valence electrons. The van der Waals surface area contributed by atoms with Crippen LogP contribution in [0.2, 0.25) is 0 Å². The number of aromatic nitrogens is 1. The van der Waals surface area contributed by atoms with E-state index in [1.807, 2.05) is 6.92 Å².